The lowest BCUT2D eigenvalue weighted by Gasteiger charge is -2.08. The summed E-state index contributed by atoms with van der Waals surface area (Å²) in [6.07, 6.45) is 4.70. The van der Waals surface area contributed by atoms with E-state index in [1.54, 1.807) is 43.3 Å². The Morgan fingerprint density at radius 1 is 0.861 bits per heavy atom. The minimum atomic E-state index is -0.508. The molecule has 0 N–H and O–H groups in total. The van der Waals surface area contributed by atoms with Gasteiger partial charge in [-0.15, -0.1) is 0 Å². The lowest BCUT2D eigenvalue weighted by Crippen LogP contribution is -2.10. The molecule has 0 aliphatic heterocycles. The van der Waals surface area contributed by atoms with Crippen LogP contribution in [0.5, 0.6) is 11.5 Å². The van der Waals surface area contributed by atoms with E-state index in [2.05, 4.69) is 13.2 Å². The molecule has 7 heteroatoms. The number of carbonyl (C=O) groups excluding carboxylic acids is 3. The predicted molar refractivity (Wildman–Crippen MR) is 136 cm³/mol. The van der Waals surface area contributed by atoms with Gasteiger partial charge in [-0.2, -0.15) is 0 Å². The third kappa shape index (κ3) is 7.99. The largest absolute Gasteiger partial charge is 0.462 e. The molecule has 0 radical (unpaired) electrons. The third-order valence-corrected chi connectivity index (χ3v) is 4.96. The first kappa shape index (κ1) is 26.0. The maximum Gasteiger partial charge on any atom is 0.336 e. The Labute approximate surface area is 209 Å². The molecule has 3 rings (SSSR count). The molecule has 0 spiro atoms. The summed E-state index contributed by atoms with van der Waals surface area (Å²) in [5, 5.41) is 1.88. The van der Waals surface area contributed by atoms with Gasteiger partial charge in [-0.05, 0) is 65.2 Å². The van der Waals surface area contributed by atoms with Gasteiger partial charge in [0.2, 0.25) is 6.79 Å². The zero-order valence-electron chi connectivity index (χ0n) is 19.9. The molecule has 0 unspecified atom stereocenters. The van der Waals surface area contributed by atoms with Crippen molar-refractivity contribution >= 4 is 34.8 Å². The number of fused-ring (bicyclic) bond motifs is 1. The van der Waals surface area contributed by atoms with E-state index >= 15 is 0 Å². The average Bonchev–Trinajstić information content (AvgIpc) is 2.88. The quantitative estimate of drug-likeness (QED) is 0.160. The molecule has 3 aromatic carbocycles. The molecule has 0 aromatic heterocycles. The Kier molecular flexibility index (Phi) is 9.17. The van der Waals surface area contributed by atoms with Crippen molar-refractivity contribution in [2.75, 3.05) is 13.4 Å². The highest BCUT2D eigenvalue weighted by molar-refractivity contribution is 5.91. The van der Waals surface area contributed by atoms with Crippen LogP contribution in [-0.2, 0) is 30.3 Å². The molecule has 3 aromatic rings. The van der Waals surface area contributed by atoms with E-state index in [1.807, 2.05) is 30.3 Å². The maximum absolute atomic E-state index is 12.2. The summed E-state index contributed by atoms with van der Waals surface area (Å²) in [6.45, 7) is 8.48. The van der Waals surface area contributed by atoms with Crippen LogP contribution in [0.15, 0.2) is 91.5 Å². The van der Waals surface area contributed by atoms with Gasteiger partial charge in [0.15, 0.2) is 0 Å². The fraction of sp³-hybridized carbons (Fsp3) is 0.138. The fourth-order valence-corrected chi connectivity index (χ4v) is 3.08. The topological polar surface area (TPSA) is 88.1 Å². The molecule has 184 valence electrons. The van der Waals surface area contributed by atoms with Crippen molar-refractivity contribution in [3.63, 3.8) is 0 Å². The van der Waals surface area contributed by atoms with Gasteiger partial charge < -0.3 is 18.9 Å². The van der Waals surface area contributed by atoms with Crippen molar-refractivity contribution in [3.05, 3.63) is 103 Å². The van der Waals surface area contributed by atoms with Gasteiger partial charge in [0.25, 0.3) is 0 Å². The van der Waals surface area contributed by atoms with Gasteiger partial charge in [0, 0.05) is 24.1 Å². The van der Waals surface area contributed by atoms with Gasteiger partial charge in [-0.3, -0.25) is 0 Å². The van der Waals surface area contributed by atoms with Gasteiger partial charge >= 0.3 is 17.9 Å². The highest BCUT2D eigenvalue weighted by Crippen LogP contribution is 2.23. The first-order valence-corrected chi connectivity index (χ1v) is 11.1. The smallest absolute Gasteiger partial charge is 0.336 e. The van der Waals surface area contributed by atoms with Crippen LogP contribution in [0.4, 0.5) is 0 Å². The summed E-state index contributed by atoms with van der Waals surface area (Å²) in [6, 6.07) is 18.2. The number of rotatable bonds is 11. The van der Waals surface area contributed by atoms with Crippen LogP contribution in [-0.4, -0.2) is 31.3 Å². The van der Waals surface area contributed by atoms with Crippen molar-refractivity contribution in [2.45, 2.75) is 13.3 Å². The number of ether oxygens (including phenoxy) is 4. The maximum atomic E-state index is 12.2. The predicted octanol–water partition coefficient (Wildman–Crippen LogP) is 5.19. The molecule has 7 nitrogen and oxygen atoms in total. The lowest BCUT2D eigenvalue weighted by atomic mass is 10.1. The Hall–Kier alpha value is -4.65. The summed E-state index contributed by atoms with van der Waals surface area (Å²) in [4.78, 5) is 34.7. The molecular formula is C29H26O7. The van der Waals surface area contributed by atoms with Crippen molar-refractivity contribution in [1.29, 1.82) is 0 Å². The van der Waals surface area contributed by atoms with Crippen LogP contribution < -0.4 is 9.47 Å². The second-order valence-electron chi connectivity index (χ2n) is 7.76. The number of esters is 3. The zero-order valence-corrected chi connectivity index (χ0v) is 19.9. The SMILES string of the molecule is C=CC(=O)OCCc1ccc(OC(=O)C=Cc2ccc3cc(OCOC(=O)C(=C)C)ccc3c2)cc1. The summed E-state index contributed by atoms with van der Waals surface area (Å²) in [7, 11) is 0. The Balaban J connectivity index is 1.52. The van der Waals surface area contributed by atoms with Crippen LogP contribution >= 0.6 is 0 Å². The van der Waals surface area contributed by atoms with Gasteiger partial charge in [-0.25, -0.2) is 14.4 Å². The fourth-order valence-electron chi connectivity index (χ4n) is 3.08. The average molecular weight is 487 g/mol. The van der Waals surface area contributed by atoms with E-state index in [9.17, 15) is 14.4 Å². The van der Waals surface area contributed by atoms with Crippen LogP contribution in [0.1, 0.15) is 18.1 Å². The van der Waals surface area contributed by atoms with E-state index in [0.29, 0.717) is 23.5 Å². The van der Waals surface area contributed by atoms with Crippen LogP contribution in [0.25, 0.3) is 16.8 Å². The van der Waals surface area contributed by atoms with Crippen LogP contribution in [0.3, 0.4) is 0 Å². The molecule has 0 atom stereocenters. The number of carbonyl (C=O) groups is 3. The Morgan fingerprint density at radius 2 is 1.56 bits per heavy atom. The minimum Gasteiger partial charge on any atom is -0.462 e. The summed E-state index contributed by atoms with van der Waals surface area (Å²) >= 11 is 0. The summed E-state index contributed by atoms with van der Waals surface area (Å²) in [5.41, 5.74) is 2.08. The van der Waals surface area contributed by atoms with Crippen molar-refractivity contribution < 1.29 is 33.3 Å². The van der Waals surface area contributed by atoms with E-state index in [1.165, 1.54) is 6.08 Å². The molecule has 0 amide bonds. The number of hydrogen-bond donors (Lipinski definition) is 0. The molecule has 0 saturated heterocycles. The third-order valence-electron chi connectivity index (χ3n) is 4.96. The van der Waals surface area contributed by atoms with Crippen LogP contribution in [0, 0.1) is 0 Å². The lowest BCUT2D eigenvalue weighted by molar-refractivity contribution is -0.145. The summed E-state index contributed by atoms with van der Waals surface area (Å²) in [5.74, 6) is -0.497. The van der Waals surface area contributed by atoms with E-state index in [-0.39, 0.29) is 13.4 Å². The van der Waals surface area contributed by atoms with Gasteiger partial charge in [-0.1, -0.05) is 43.5 Å². The first-order chi connectivity index (χ1) is 17.3. The molecule has 36 heavy (non-hydrogen) atoms. The molecule has 0 aliphatic carbocycles. The Morgan fingerprint density at radius 3 is 2.28 bits per heavy atom. The normalized spacial score (nSPS) is 10.6. The molecule has 0 saturated carbocycles. The molecule has 0 fully saturated rings. The molecular weight excluding hydrogens is 460 g/mol. The van der Waals surface area contributed by atoms with Crippen molar-refractivity contribution in [3.8, 4) is 11.5 Å². The minimum absolute atomic E-state index is 0.200. The molecule has 0 heterocycles. The van der Waals surface area contributed by atoms with Gasteiger partial charge in [0.1, 0.15) is 11.5 Å². The van der Waals surface area contributed by atoms with Gasteiger partial charge in [0.05, 0.1) is 6.61 Å². The van der Waals surface area contributed by atoms with Crippen LogP contribution in [0.2, 0.25) is 0 Å². The molecule has 0 aliphatic rings. The standard InChI is InChI=1S/C29H26O7/c1-4-27(30)33-16-15-21-6-11-25(12-7-21)36-28(31)14-8-22-5-9-24-18-26(13-10-23(24)17-22)34-19-35-29(32)20(2)3/h4-14,17-18H,1-2,15-16,19H2,3H3. The highest BCUT2D eigenvalue weighted by atomic mass is 16.7. The van der Waals surface area contributed by atoms with Crippen molar-refractivity contribution in [2.24, 2.45) is 0 Å². The van der Waals surface area contributed by atoms with E-state index in [0.717, 1.165) is 28.0 Å². The molecule has 0 bridgehead atoms. The number of hydrogen-bond acceptors (Lipinski definition) is 7. The second-order valence-corrected chi connectivity index (χ2v) is 7.76. The highest BCUT2D eigenvalue weighted by Gasteiger charge is 2.05. The van der Waals surface area contributed by atoms with E-state index in [4.69, 9.17) is 18.9 Å². The Bertz CT molecular complexity index is 1300. The first-order valence-electron chi connectivity index (χ1n) is 11.1. The number of benzene rings is 3. The van der Waals surface area contributed by atoms with Crippen molar-refractivity contribution in [1.82, 2.24) is 0 Å². The monoisotopic (exact) mass is 486 g/mol. The van der Waals surface area contributed by atoms with E-state index < -0.39 is 17.9 Å². The zero-order chi connectivity index (χ0) is 25.9. The summed E-state index contributed by atoms with van der Waals surface area (Å²) < 4.78 is 20.7. The second kappa shape index (κ2) is 12.7.